The third-order valence-corrected chi connectivity index (χ3v) is 2.35. The molecule has 2 aromatic heterocycles. The summed E-state index contributed by atoms with van der Waals surface area (Å²) in [5, 5.41) is 0. The fourth-order valence-corrected chi connectivity index (χ4v) is 1.55. The van der Waals surface area contributed by atoms with Crippen LogP contribution < -0.4 is 5.73 Å². The van der Waals surface area contributed by atoms with Crippen molar-refractivity contribution >= 4 is 5.65 Å². The van der Waals surface area contributed by atoms with Crippen LogP contribution in [0, 0.1) is 0 Å². The van der Waals surface area contributed by atoms with Gasteiger partial charge in [-0.2, -0.15) is 0 Å². The van der Waals surface area contributed by atoms with E-state index < -0.39 is 0 Å². The Kier molecular flexibility index (Phi) is 2.50. The number of hydrogen-bond acceptors (Lipinski definition) is 2. The van der Waals surface area contributed by atoms with E-state index in [0.29, 0.717) is 0 Å². The van der Waals surface area contributed by atoms with Gasteiger partial charge in [-0.1, -0.05) is 6.07 Å². The number of aromatic nitrogens is 2. The van der Waals surface area contributed by atoms with Crippen molar-refractivity contribution in [2.24, 2.45) is 5.73 Å². The zero-order valence-corrected chi connectivity index (χ0v) is 8.35. The third kappa shape index (κ3) is 1.77. The van der Waals surface area contributed by atoms with Gasteiger partial charge in [-0.25, -0.2) is 4.98 Å². The number of aryl methyl sites for hydroxylation is 1. The number of nitrogens with zero attached hydrogens (tertiary/aromatic N) is 2. The second-order valence-electron chi connectivity index (χ2n) is 3.69. The Morgan fingerprint density at radius 3 is 3.14 bits per heavy atom. The molecule has 0 aromatic carbocycles. The maximum atomic E-state index is 5.72. The summed E-state index contributed by atoms with van der Waals surface area (Å²) in [5.74, 6) is 0. The number of pyridine rings is 1. The van der Waals surface area contributed by atoms with Crippen LogP contribution in [0.1, 0.15) is 19.0 Å². The van der Waals surface area contributed by atoms with Crippen molar-refractivity contribution in [2.45, 2.75) is 25.8 Å². The predicted octanol–water partition coefficient (Wildman–Crippen LogP) is 1.61. The zero-order chi connectivity index (χ0) is 9.97. The van der Waals surface area contributed by atoms with Crippen molar-refractivity contribution in [1.29, 1.82) is 0 Å². The molecule has 1 unspecified atom stereocenters. The van der Waals surface area contributed by atoms with Crippen molar-refractivity contribution in [3.05, 3.63) is 36.3 Å². The summed E-state index contributed by atoms with van der Waals surface area (Å²) in [5.41, 5.74) is 7.96. The first kappa shape index (κ1) is 9.21. The lowest BCUT2D eigenvalue weighted by Gasteiger charge is -2.04. The van der Waals surface area contributed by atoms with Gasteiger partial charge in [0.2, 0.25) is 0 Å². The van der Waals surface area contributed by atoms with Crippen LogP contribution in [0.5, 0.6) is 0 Å². The summed E-state index contributed by atoms with van der Waals surface area (Å²) in [6, 6.07) is 6.28. The van der Waals surface area contributed by atoms with Crippen molar-refractivity contribution in [1.82, 2.24) is 9.38 Å². The first-order valence-electron chi connectivity index (χ1n) is 4.94. The van der Waals surface area contributed by atoms with Gasteiger partial charge in [0.15, 0.2) is 0 Å². The summed E-state index contributed by atoms with van der Waals surface area (Å²) < 4.78 is 2.11. The van der Waals surface area contributed by atoms with E-state index in [9.17, 15) is 0 Å². The first-order chi connectivity index (χ1) is 6.77. The highest BCUT2D eigenvalue weighted by Crippen LogP contribution is 2.08. The molecule has 0 spiro atoms. The van der Waals surface area contributed by atoms with Crippen LogP contribution in [0.15, 0.2) is 30.6 Å². The van der Waals surface area contributed by atoms with Gasteiger partial charge in [-0.3, -0.25) is 0 Å². The molecular weight excluding hydrogens is 174 g/mol. The Morgan fingerprint density at radius 1 is 1.50 bits per heavy atom. The minimum absolute atomic E-state index is 0.254. The summed E-state index contributed by atoms with van der Waals surface area (Å²) in [6.45, 7) is 2.03. The summed E-state index contributed by atoms with van der Waals surface area (Å²) >= 11 is 0. The quantitative estimate of drug-likeness (QED) is 0.797. The third-order valence-electron chi connectivity index (χ3n) is 2.35. The van der Waals surface area contributed by atoms with E-state index in [1.54, 1.807) is 0 Å². The van der Waals surface area contributed by atoms with Crippen LogP contribution in [0.2, 0.25) is 0 Å². The Balaban J connectivity index is 2.25. The molecule has 0 aliphatic rings. The molecule has 0 aliphatic heterocycles. The molecule has 0 amide bonds. The number of imidazole rings is 1. The van der Waals surface area contributed by atoms with Crippen molar-refractivity contribution < 1.29 is 0 Å². The van der Waals surface area contributed by atoms with Gasteiger partial charge in [0.1, 0.15) is 5.65 Å². The summed E-state index contributed by atoms with van der Waals surface area (Å²) in [7, 11) is 0. The molecule has 0 fully saturated rings. The van der Waals surface area contributed by atoms with Crippen molar-refractivity contribution in [3.8, 4) is 0 Å². The van der Waals surface area contributed by atoms with Gasteiger partial charge >= 0.3 is 0 Å². The van der Waals surface area contributed by atoms with Gasteiger partial charge in [0.25, 0.3) is 0 Å². The molecule has 0 saturated heterocycles. The van der Waals surface area contributed by atoms with E-state index in [4.69, 9.17) is 5.73 Å². The van der Waals surface area contributed by atoms with Crippen LogP contribution >= 0.6 is 0 Å². The molecule has 0 saturated carbocycles. The largest absolute Gasteiger partial charge is 0.328 e. The van der Waals surface area contributed by atoms with Crippen LogP contribution in [0.4, 0.5) is 0 Å². The lowest BCUT2D eigenvalue weighted by molar-refractivity contribution is 0.656. The summed E-state index contributed by atoms with van der Waals surface area (Å²) in [4.78, 5) is 4.32. The fourth-order valence-electron chi connectivity index (χ4n) is 1.55. The van der Waals surface area contributed by atoms with Gasteiger partial charge < -0.3 is 10.1 Å². The maximum Gasteiger partial charge on any atom is 0.136 e. The van der Waals surface area contributed by atoms with E-state index in [1.165, 1.54) is 5.69 Å². The van der Waals surface area contributed by atoms with E-state index in [2.05, 4.69) is 9.38 Å². The second kappa shape index (κ2) is 3.80. The molecule has 3 nitrogen and oxygen atoms in total. The SMILES string of the molecule is CC(N)CCc1cnc2ccccn12. The number of nitrogens with two attached hydrogens (primary N) is 1. The normalized spacial score (nSPS) is 13.3. The van der Waals surface area contributed by atoms with Crippen molar-refractivity contribution in [3.63, 3.8) is 0 Å². The Labute approximate surface area is 83.6 Å². The number of fused-ring (bicyclic) bond motifs is 1. The average Bonchev–Trinajstić information content (AvgIpc) is 2.58. The van der Waals surface area contributed by atoms with Crippen LogP contribution in [0.25, 0.3) is 5.65 Å². The monoisotopic (exact) mass is 189 g/mol. The lowest BCUT2D eigenvalue weighted by atomic mass is 10.1. The van der Waals surface area contributed by atoms with E-state index in [0.717, 1.165) is 18.5 Å². The molecule has 2 rings (SSSR count). The topological polar surface area (TPSA) is 43.3 Å². The zero-order valence-electron chi connectivity index (χ0n) is 8.35. The lowest BCUT2D eigenvalue weighted by Crippen LogP contribution is -2.15. The molecule has 0 bridgehead atoms. The Morgan fingerprint density at radius 2 is 2.36 bits per heavy atom. The van der Waals surface area contributed by atoms with Crippen LogP contribution in [-0.2, 0) is 6.42 Å². The van der Waals surface area contributed by atoms with Crippen LogP contribution in [-0.4, -0.2) is 15.4 Å². The molecule has 1 atom stereocenters. The van der Waals surface area contributed by atoms with Gasteiger partial charge in [0, 0.05) is 24.1 Å². The number of hydrogen-bond donors (Lipinski definition) is 1. The molecule has 0 aliphatic carbocycles. The van der Waals surface area contributed by atoms with E-state index in [1.807, 2.05) is 37.5 Å². The standard InChI is InChI=1S/C11H15N3/c1-9(12)5-6-10-8-13-11-4-2-3-7-14(10)11/h2-4,7-9H,5-6,12H2,1H3. The second-order valence-corrected chi connectivity index (χ2v) is 3.69. The Hall–Kier alpha value is -1.35. The average molecular weight is 189 g/mol. The highest BCUT2D eigenvalue weighted by Gasteiger charge is 2.02. The highest BCUT2D eigenvalue weighted by molar-refractivity contribution is 5.39. The molecule has 3 heteroatoms. The molecule has 2 aromatic rings. The first-order valence-corrected chi connectivity index (χ1v) is 4.94. The molecule has 0 radical (unpaired) electrons. The van der Waals surface area contributed by atoms with Gasteiger partial charge in [0.05, 0.1) is 0 Å². The smallest absolute Gasteiger partial charge is 0.136 e. The molecule has 74 valence electrons. The minimum Gasteiger partial charge on any atom is -0.328 e. The van der Waals surface area contributed by atoms with E-state index >= 15 is 0 Å². The highest BCUT2D eigenvalue weighted by atomic mass is 15.0. The van der Waals surface area contributed by atoms with Crippen LogP contribution in [0.3, 0.4) is 0 Å². The minimum atomic E-state index is 0.254. The Bertz CT molecular complexity index is 417. The predicted molar refractivity (Wildman–Crippen MR) is 57.2 cm³/mol. The maximum absolute atomic E-state index is 5.72. The summed E-state index contributed by atoms with van der Waals surface area (Å²) in [6.07, 6.45) is 5.96. The van der Waals surface area contributed by atoms with Crippen molar-refractivity contribution in [2.75, 3.05) is 0 Å². The van der Waals surface area contributed by atoms with Gasteiger partial charge in [-0.15, -0.1) is 0 Å². The fraction of sp³-hybridized carbons (Fsp3) is 0.364. The molecule has 14 heavy (non-hydrogen) atoms. The molecule has 2 heterocycles. The molecule has 2 N–H and O–H groups in total. The van der Waals surface area contributed by atoms with E-state index in [-0.39, 0.29) is 6.04 Å². The molecular formula is C11H15N3. The van der Waals surface area contributed by atoms with Gasteiger partial charge in [-0.05, 0) is 31.9 Å². The number of rotatable bonds is 3.